The van der Waals surface area contributed by atoms with E-state index in [0.717, 1.165) is 44.3 Å². The fourth-order valence-electron chi connectivity index (χ4n) is 6.24. The molecule has 0 unspecified atom stereocenters. The highest BCUT2D eigenvalue weighted by Gasteiger charge is 2.63. The molecule has 15 heteroatoms. The second-order valence-electron chi connectivity index (χ2n) is 20.7. The monoisotopic (exact) mass is 1020 g/mol. The molecule has 0 bridgehead atoms. The molecule has 65 heavy (non-hydrogen) atoms. The Kier molecular flexibility index (Phi) is 19.4. The Bertz CT molecular complexity index is 2030. The molecule has 0 amide bonds. The fourth-order valence-corrected chi connectivity index (χ4v) is 6.76. The maximum absolute atomic E-state index is 9.17. The number of nitrogens with zero attached hydrogens (tertiary/aromatic N) is 3. The first kappa shape index (κ1) is 56.3. The van der Waals surface area contributed by atoms with Crippen molar-refractivity contribution in [2.24, 2.45) is 0 Å². The Labute approximate surface area is 409 Å². The highest BCUT2D eigenvalue weighted by Crippen LogP contribution is 2.43. The Hall–Kier alpha value is -3.00. The minimum atomic E-state index is -0.478. The average molecular weight is 1020 g/mol. The van der Waals surface area contributed by atoms with Gasteiger partial charge in [0.15, 0.2) is 0 Å². The first-order valence-corrected chi connectivity index (χ1v) is 23.9. The zero-order valence-corrected chi connectivity index (χ0v) is 44.8. The van der Waals surface area contributed by atoms with E-state index in [1.54, 1.807) is 0 Å². The lowest BCUT2D eigenvalue weighted by Gasteiger charge is -2.32. The van der Waals surface area contributed by atoms with E-state index in [4.69, 9.17) is 48.4 Å². The minimum absolute atomic E-state index is 0.331. The van der Waals surface area contributed by atoms with Gasteiger partial charge in [0.25, 0.3) is 0 Å². The molecule has 4 aliphatic rings. The third-order valence-electron chi connectivity index (χ3n) is 13.1. The van der Waals surface area contributed by atoms with Gasteiger partial charge in [-0.1, -0.05) is 80.4 Å². The molecule has 4 fully saturated rings. The van der Waals surface area contributed by atoms with Crippen molar-refractivity contribution in [3.63, 3.8) is 0 Å². The molecule has 350 valence electrons. The van der Waals surface area contributed by atoms with Crippen LogP contribution in [0.25, 0.3) is 0 Å². The van der Waals surface area contributed by atoms with Gasteiger partial charge >= 0.3 is 21.1 Å². The van der Waals surface area contributed by atoms with Crippen molar-refractivity contribution in [3.05, 3.63) is 98.4 Å². The fraction of sp³-hybridized carbons (Fsp3) is 0.580. The molecule has 0 atom stereocenters. The predicted octanol–water partition coefficient (Wildman–Crippen LogP) is 11.6. The van der Waals surface area contributed by atoms with E-state index in [-0.39, 0.29) is 46.1 Å². The van der Waals surface area contributed by atoms with Crippen LogP contribution in [-0.4, -0.2) is 68.0 Å². The molecule has 0 saturated carbocycles. The van der Waals surface area contributed by atoms with Crippen LogP contribution in [0.15, 0.2) is 81.7 Å². The molecule has 7 rings (SSSR count). The van der Waals surface area contributed by atoms with Crippen LogP contribution in [0.5, 0.6) is 0 Å². The van der Waals surface area contributed by atoms with Crippen molar-refractivity contribution < 1.29 is 32.7 Å². The van der Waals surface area contributed by atoms with Gasteiger partial charge in [0, 0.05) is 22.2 Å². The van der Waals surface area contributed by atoms with E-state index in [0.29, 0.717) is 6.42 Å². The van der Waals surface area contributed by atoms with Crippen molar-refractivity contribution in [1.82, 2.24) is 0 Å². The molecule has 0 N–H and O–H groups in total. The number of hydrogen-bond donors (Lipinski definition) is 0. The molecular formula is C50H70B3Br2N3O7. The normalized spacial score (nSPS) is 20.4. The molecular weight excluding hydrogens is 947 g/mol. The molecule has 0 aliphatic carbocycles. The van der Waals surface area contributed by atoms with Crippen molar-refractivity contribution in [2.45, 2.75) is 174 Å². The van der Waals surface area contributed by atoms with E-state index >= 15 is 0 Å². The van der Waals surface area contributed by atoms with Crippen LogP contribution in [0.1, 0.15) is 140 Å². The van der Waals surface area contributed by atoms with Gasteiger partial charge in [-0.2, -0.15) is 15.8 Å². The molecule has 0 aromatic heterocycles. The van der Waals surface area contributed by atoms with Crippen LogP contribution in [0.4, 0.5) is 0 Å². The van der Waals surface area contributed by atoms with Gasteiger partial charge in [-0.25, -0.2) is 0 Å². The van der Waals surface area contributed by atoms with Crippen LogP contribution < -0.4 is 5.46 Å². The van der Waals surface area contributed by atoms with Crippen LogP contribution in [0.2, 0.25) is 0 Å². The highest BCUT2D eigenvalue weighted by molar-refractivity contribution is 9.10. The molecule has 4 saturated heterocycles. The number of rotatable bonds is 5. The molecule has 0 radical (unpaired) electrons. The first-order valence-electron chi connectivity index (χ1n) is 22.3. The van der Waals surface area contributed by atoms with E-state index in [1.807, 2.05) is 184 Å². The lowest BCUT2D eigenvalue weighted by Crippen LogP contribution is -2.41. The van der Waals surface area contributed by atoms with Gasteiger partial charge in [0.2, 0.25) is 0 Å². The number of nitriles is 3. The standard InChI is InChI=1S/C16H22BNO2.C12H24B2O4.C10H10BrN.C8H6BrN.C4H8O/c1-14(2,11-18)12-7-9-13(10-8-12)17-19-15(3,4)16(5,6)20-17;1-9(2)10(3,4)16-13(15-9)14-17-11(5,6)12(7,8)18-14;1-10(2,7-12)8-3-5-9(11)6-4-8;9-8-3-1-7(2-4-8)5-6-10;1-2-4-5-3-1/h7-10H,1-6H3;1-8H3;3-6H,1-2H3;1-4H,5H2;1-4H2. The molecule has 3 aromatic rings. The Morgan fingerprint density at radius 3 is 1.09 bits per heavy atom. The maximum Gasteiger partial charge on any atom is 0.494 e. The third-order valence-corrected chi connectivity index (χ3v) is 14.1. The number of halogens is 2. The van der Waals surface area contributed by atoms with E-state index < -0.39 is 19.4 Å². The average Bonchev–Trinajstić information content (AvgIpc) is 3.98. The summed E-state index contributed by atoms with van der Waals surface area (Å²) in [6, 6.07) is 30.2. The largest absolute Gasteiger partial charge is 0.494 e. The topological polar surface area (TPSA) is 136 Å². The summed E-state index contributed by atoms with van der Waals surface area (Å²) >= 11 is 6.66. The number of hydrogen-bond acceptors (Lipinski definition) is 10. The second kappa shape index (κ2) is 22.4. The van der Waals surface area contributed by atoms with Crippen molar-refractivity contribution in [1.29, 1.82) is 15.8 Å². The summed E-state index contributed by atoms with van der Waals surface area (Å²) in [5.41, 5.74) is 1.13. The van der Waals surface area contributed by atoms with Gasteiger partial charge < -0.3 is 32.7 Å². The quantitative estimate of drug-likeness (QED) is 0.227. The first-order chi connectivity index (χ1) is 29.9. The van der Waals surface area contributed by atoms with Gasteiger partial charge in [-0.15, -0.1) is 0 Å². The maximum atomic E-state index is 9.17. The summed E-state index contributed by atoms with van der Waals surface area (Å²) in [6.07, 6.45) is 3.05. The Morgan fingerprint density at radius 2 is 0.800 bits per heavy atom. The van der Waals surface area contributed by atoms with E-state index in [9.17, 15) is 0 Å². The zero-order chi connectivity index (χ0) is 49.3. The van der Waals surface area contributed by atoms with E-state index in [1.165, 1.54) is 12.8 Å². The predicted molar refractivity (Wildman–Crippen MR) is 269 cm³/mol. The van der Waals surface area contributed by atoms with Crippen LogP contribution >= 0.6 is 31.9 Å². The summed E-state index contributed by atoms with van der Waals surface area (Å²) < 4.78 is 42.9. The van der Waals surface area contributed by atoms with Crippen molar-refractivity contribution in [3.8, 4) is 18.2 Å². The van der Waals surface area contributed by atoms with Crippen molar-refractivity contribution in [2.75, 3.05) is 13.2 Å². The van der Waals surface area contributed by atoms with Crippen molar-refractivity contribution >= 4 is 58.5 Å². The summed E-state index contributed by atoms with van der Waals surface area (Å²) in [4.78, 5) is 0. The lowest BCUT2D eigenvalue weighted by molar-refractivity contribution is 0.00578. The smallest absolute Gasteiger partial charge is 0.405 e. The Morgan fingerprint density at radius 1 is 0.492 bits per heavy atom. The molecule has 4 aliphatic heterocycles. The lowest BCUT2D eigenvalue weighted by atomic mass is 9.49. The van der Waals surface area contributed by atoms with Gasteiger partial charge in [0.1, 0.15) is 0 Å². The van der Waals surface area contributed by atoms with Gasteiger partial charge in [-0.3, -0.25) is 0 Å². The van der Waals surface area contributed by atoms with Gasteiger partial charge in [-0.05, 0) is 170 Å². The molecule has 10 nitrogen and oxygen atoms in total. The Balaban J connectivity index is 0.000000228. The van der Waals surface area contributed by atoms with Crippen LogP contribution in [0, 0.1) is 34.0 Å². The second-order valence-corrected chi connectivity index (χ2v) is 22.6. The highest BCUT2D eigenvalue weighted by atomic mass is 79.9. The van der Waals surface area contributed by atoms with Gasteiger partial charge in [0.05, 0.1) is 69.1 Å². The summed E-state index contributed by atoms with van der Waals surface area (Å²) in [5, 5.41) is 26.3. The van der Waals surface area contributed by atoms with E-state index in [2.05, 4.69) is 50.1 Å². The molecule has 3 aromatic carbocycles. The third kappa shape index (κ3) is 15.3. The van der Waals surface area contributed by atoms with Crippen LogP contribution in [0.3, 0.4) is 0 Å². The molecule has 4 heterocycles. The summed E-state index contributed by atoms with van der Waals surface area (Å²) in [6.45, 7) is 34.0. The number of benzene rings is 3. The SMILES string of the molecule is C1CCOC1.CC(C)(C#N)c1ccc(B2OC(C)(C)C(C)(C)O2)cc1.CC(C)(C#N)c1ccc(Br)cc1.CC1(C)OB(B2OC(C)(C)C(C)(C)O2)OC1(C)C.N#CCc1ccc(Br)cc1. The minimum Gasteiger partial charge on any atom is -0.405 e. The molecule has 0 spiro atoms. The zero-order valence-electron chi connectivity index (χ0n) is 41.7. The summed E-state index contributed by atoms with van der Waals surface area (Å²) in [7, 11) is -1.30. The summed E-state index contributed by atoms with van der Waals surface area (Å²) in [5.74, 6) is 0. The number of ether oxygens (including phenoxy) is 1. The van der Waals surface area contributed by atoms with Crippen LogP contribution in [-0.2, 0) is 49.9 Å².